The lowest BCUT2D eigenvalue weighted by atomic mass is 10.1. The van der Waals surface area contributed by atoms with E-state index in [0.29, 0.717) is 30.3 Å². The van der Waals surface area contributed by atoms with Crippen molar-refractivity contribution in [1.82, 2.24) is 10.6 Å². The summed E-state index contributed by atoms with van der Waals surface area (Å²) in [6.07, 6.45) is 0.308. The molecule has 0 radical (unpaired) electrons. The number of amides is 2. The maximum Gasteiger partial charge on any atom is 0.412 e. The molecule has 0 aliphatic rings. The molecule has 0 heterocycles. The third-order valence-electron chi connectivity index (χ3n) is 4.20. The molecule has 0 saturated carbocycles. The topological polar surface area (TPSA) is 118 Å². The number of nitrogens with zero attached hydrogens (tertiary/aromatic N) is 1. The number of nitrogens with two attached hydrogens (primary N) is 1. The van der Waals surface area contributed by atoms with Gasteiger partial charge in [0.15, 0.2) is 5.96 Å². The first-order valence-electron chi connectivity index (χ1n) is 10.1. The van der Waals surface area contributed by atoms with E-state index in [9.17, 15) is 9.59 Å². The van der Waals surface area contributed by atoms with Gasteiger partial charge in [-0.2, -0.15) is 0 Å². The quantitative estimate of drug-likeness (QED) is 0.402. The highest BCUT2D eigenvalue weighted by Crippen LogP contribution is 2.13. The zero-order chi connectivity index (χ0) is 22.9. The molecule has 0 bridgehead atoms. The van der Waals surface area contributed by atoms with E-state index in [0.717, 1.165) is 17.5 Å². The van der Waals surface area contributed by atoms with Gasteiger partial charge in [-0.1, -0.05) is 24.3 Å². The fourth-order valence-corrected chi connectivity index (χ4v) is 2.74. The van der Waals surface area contributed by atoms with E-state index >= 15 is 0 Å². The van der Waals surface area contributed by atoms with Gasteiger partial charge in [0.25, 0.3) is 0 Å². The first kappa shape index (κ1) is 23.7. The van der Waals surface area contributed by atoms with Gasteiger partial charge in [0.2, 0.25) is 5.91 Å². The van der Waals surface area contributed by atoms with Gasteiger partial charge < -0.3 is 21.1 Å². The van der Waals surface area contributed by atoms with Gasteiger partial charge in [-0.3, -0.25) is 15.1 Å². The van der Waals surface area contributed by atoms with Gasteiger partial charge in [0.1, 0.15) is 5.60 Å². The van der Waals surface area contributed by atoms with E-state index in [-0.39, 0.29) is 0 Å². The normalized spacial score (nSPS) is 11.5. The van der Waals surface area contributed by atoms with Gasteiger partial charge in [-0.05, 0) is 62.6 Å². The number of carbonyl (C=O) groups is 2. The lowest BCUT2D eigenvalue weighted by Gasteiger charge is -2.19. The zero-order valence-corrected chi connectivity index (χ0v) is 18.5. The smallest absolute Gasteiger partial charge is 0.412 e. The molecular weight excluding hydrogens is 394 g/mol. The van der Waals surface area contributed by atoms with Crippen molar-refractivity contribution in [2.75, 3.05) is 18.9 Å². The molecule has 2 aromatic rings. The van der Waals surface area contributed by atoms with Crippen LogP contribution in [0.25, 0.3) is 0 Å². The number of hydrogen-bond donors (Lipinski definition) is 4. The van der Waals surface area contributed by atoms with Crippen LogP contribution in [0.3, 0.4) is 0 Å². The van der Waals surface area contributed by atoms with E-state index in [1.165, 1.54) is 0 Å². The Morgan fingerprint density at radius 3 is 2.35 bits per heavy atom. The number of nitrogens with one attached hydrogen (secondary N) is 3. The van der Waals surface area contributed by atoms with Crippen LogP contribution in [0.4, 0.5) is 10.5 Å². The van der Waals surface area contributed by atoms with E-state index in [1.54, 1.807) is 25.2 Å². The van der Waals surface area contributed by atoms with Crippen molar-refractivity contribution < 1.29 is 14.3 Å². The summed E-state index contributed by atoms with van der Waals surface area (Å²) in [6.45, 7) is 6.67. The third kappa shape index (κ3) is 8.77. The van der Waals surface area contributed by atoms with E-state index in [4.69, 9.17) is 10.5 Å². The van der Waals surface area contributed by atoms with Crippen LogP contribution in [-0.2, 0) is 17.7 Å². The summed E-state index contributed by atoms with van der Waals surface area (Å²) >= 11 is 0. The largest absolute Gasteiger partial charge is 0.444 e. The molecule has 0 atom stereocenters. The molecule has 8 nitrogen and oxygen atoms in total. The van der Waals surface area contributed by atoms with Crippen molar-refractivity contribution in [2.45, 2.75) is 39.3 Å². The highest BCUT2D eigenvalue weighted by Gasteiger charge is 2.16. The SMILES string of the molecule is CN=C(NCCc1ccc(NC(=O)OC(C)(C)C)cc1)NCc1cccc(C(N)=O)c1. The van der Waals surface area contributed by atoms with Crippen molar-refractivity contribution in [3.05, 3.63) is 65.2 Å². The monoisotopic (exact) mass is 425 g/mol. The predicted molar refractivity (Wildman–Crippen MR) is 123 cm³/mol. The Balaban J connectivity index is 1.77. The number of rotatable bonds is 7. The Kier molecular flexibility index (Phi) is 8.43. The highest BCUT2D eigenvalue weighted by atomic mass is 16.6. The summed E-state index contributed by atoms with van der Waals surface area (Å²) in [4.78, 5) is 27.3. The molecule has 0 unspecified atom stereocenters. The molecule has 5 N–H and O–H groups in total. The summed E-state index contributed by atoms with van der Waals surface area (Å²) < 4.78 is 5.25. The number of primary amides is 1. The summed E-state index contributed by atoms with van der Waals surface area (Å²) in [7, 11) is 1.70. The maximum atomic E-state index is 11.8. The van der Waals surface area contributed by atoms with Crippen LogP contribution in [0.5, 0.6) is 0 Å². The van der Waals surface area contributed by atoms with Crippen molar-refractivity contribution in [2.24, 2.45) is 10.7 Å². The van der Waals surface area contributed by atoms with Crippen LogP contribution >= 0.6 is 0 Å². The van der Waals surface area contributed by atoms with Crippen molar-refractivity contribution in [3.63, 3.8) is 0 Å². The average Bonchev–Trinajstić information content (AvgIpc) is 2.70. The number of ether oxygens (including phenoxy) is 1. The molecule has 0 aliphatic heterocycles. The first-order chi connectivity index (χ1) is 14.7. The van der Waals surface area contributed by atoms with E-state index in [2.05, 4.69) is 20.9 Å². The average molecular weight is 426 g/mol. The number of aliphatic imine (C=N–C) groups is 1. The highest BCUT2D eigenvalue weighted by molar-refractivity contribution is 5.92. The second-order valence-electron chi connectivity index (χ2n) is 7.99. The minimum absolute atomic E-state index is 0.448. The predicted octanol–water partition coefficient (Wildman–Crippen LogP) is 3.04. The third-order valence-corrected chi connectivity index (χ3v) is 4.20. The van der Waals surface area contributed by atoms with Crippen molar-refractivity contribution in [3.8, 4) is 0 Å². The Labute approximate surface area is 183 Å². The molecule has 2 aromatic carbocycles. The lowest BCUT2D eigenvalue weighted by molar-refractivity contribution is 0.0635. The number of benzene rings is 2. The Hall–Kier alpha value is -3.55. The molecule has 2 rings (SSSR count). The molecule has 166 valence electrons. The van der Waals surface area contributed by atoms with Crippen LogP contribution in [0.1, 0.15) is 42.3 Å². The molecular formula is C23H31N5O3. The summed E-state index contributed by atoms with van der Waals surface area (Å²) in [5, 5.41) is 9.19. The van der Waals surface area contributed by atoms with Gasteiger partial charge in [0, 0.05) is 31.4 Å². The Morgan fingerprint density at radius 1 is 1.03 bits per heavy atom. The Morgan fingerprint density at radius 2 is 1.74 bits per heavy atom. The summed E-state index contributed by atoms with van der Waals surface area (Å²) in [5.74, 6) is 0.212. The fraction of sp³-hybridized carbons (Fsp3) is 0.348. The molecule has 0 aromatic heterocycles. The van der Waals surface area contributed by atoms with Gasteiger partial charge in [-0.25, -0.2) is 4.79 Å². The second kappa shape index (κ2) is 11.0. The number of hydrogen-bond acceptors (Lipinski definition) is 4. The molecule has 2 amide bonds. The molecule has 8 heteroatoms. The number of carbonyl (C=O) groups excluding carboxylic acids is 2. The van der Waals surface area contributed by atoms with E-state index in [1.807, 2.05) is 51.1 Å². The molecule has 0 aliphatic carbocycles. The van der Waals surface area contributed by atoms with Gasteiger partial charge in [-0.15, -0.1) is 0 Å². The van der Waals surface area contributed by atoms with E-state index < -0.39 is 17.6 Å². The minimum Gasteiger partial charge on any atom is -0.444 e. The Bertz CT molecular complexity index is 918. The van der Waals surface area contributed by atoms with Crippen LogP contribution < -0.4 is 21.7 Å². The molecule has 0 saturated heterocycles. The fourth-order valence-electron chi connectivity index (χ4n) is 2.74. The molecule has 31 heavy (non-hydrogen) atoms. The van der Waals surface area contributed by atoms with Gasteiger partial charge in [0.05, 0.1) is 0 Å². The molecule has 0 spiro atoms. The standard InChI is InChI=1S/C23H31N5O3/c1-23(2,3)31-22(30)28-19-10-8-16(9-11-19)12-13-26-21(25-4)27-15-17-6-5-7-18(14-17)20(24)29/h5-11,14H,12-13,15H2,1-4H3,(H2,24,29)(H,28,30)(H2,25,26,27). The maximum absolute atomic E-state index is 11.8. The first-order valence-corrected chi connectivity index (χ1v) is 10.1. The van der Waals surface area contributed by atoms with Crippen molar-refractivity contribution >= 4 is 23.6 Å². The summed E-state index contributed by atoms with van der Waals surface area (Å²) in [6, 6.07) is 14.8. The lowest BCUT2D eigenvalue weighted by Crippen LogP contribution is -2.37. The van der Waals surface area contributed by atoms with Gasteiger partial charge >= 0.3 is 6.09 Å². The van der Waals surface area contributed by atoms with Crippen LogP contribution in [0, 0.1) is 0 Å². The van der Waals surface area contributed by atoms with Crippen molar-refractivity contribution in [1.29, 1.82) is 0 Å². The number of anilines is 1. The molecule has 0 fully saturated rings. The minimum atomic E-state index is -0.535. The zero-order valence-electron chi connectivity index (χ0n) is 18.5. The number of guanidine groups is 1. The summed E-state index contributed by atoms with van der Waals surface area (Å²) in [5.41, 5.74) is 8.00. The van der Waals surface area contributed by atoms with Crippen LogP contribution in [-0.4, -0.2) is 37.2 Å². The second-order valence-corrected chi connectivity index (χ2v) is 7.99. The van der Waals surface area contributed by atoms with Crippen LogP contribution in [0.15, 0.2) is 53.5 Å². The van der Waals surface area contributed by atoms with Crippen LogP contribution in [0.2, 0.25) is 0 Å².